The third-order valence-corrected chi connectivity index (χ3v) is 7.77. The summed E-state index contributed by atoms with van der Waals surface area (Å²) < 4.78 is 2.07. The predicted molar refractivity (Wildman–Crippen MR) is 118 cm³/mol. The fraction of sp³-hybridized carbons (Fsp3) is 0.571. The summed E-state index contributed by atoms with van der Waals surface area (Å²) in [5, 5.41) is 12.1. The van der Waals surface area contributed by atoms with Crippen molar-refractivity contribution in [3.8, 4) is 10.7 Å². The zero-order valence-corrected chi connectivity index (χ0v) is 19.0. The van der Waals surface area contributed by atoms with E-state index in [-0.39, 0.29) is 11.2 Å². The van der Waals surface area contributed by atoms with Gasteiger partial charge in [-0.3, -0.25) is 9.36 Å². The molecule has 0 bridgehead atoms. The highest BCUT2D eigenvalue weighted by Crippen LogP contribution is 2.42. The molecular weight excluding hydrogens is 388 g/mol. The fourth-order valence-corrected chi connectivity index (χ4v) is 5.76. The minimum absolute atomic E-state index is 0.0143. The van der Waals surface area contributed by atoms with Crippen molar-refractivity contribution in [2.45, 2.75) is 63.9 Å². The summed E-state index contributed by atoms with van der Waals surface area (Å²) in [5.41, 5.74) is 1.80. The van der Waals surface area contributed by atoms with E-state index in [9.17, 15) is 4.79 Å². The lowest BCUT2D eigenvalue weighted by atomic mass is 9.72. The predicted octanol–water partition coefficient (Wildman–Crippen LogP) is 4.57. The van der Waals surface area contributed by atoms with Crippen molar-refractivity contribution in [2.24, 2.45) is 11.3 Å². The van der Waals surface area contributed by atoms with Gasteiger partial charge in [0.1, 0.15) is 0 Å². The number of hydrogen-bond acceptors (Lipinski definition) is 5. The largest absolute Gasteiger partial charge is 0.358 e. The second-order valence-electron chi connectivity index (χ2n) is 8.44. The molecule has 1 N–H and O–H groups in total. The van der Waals surface area contributed by atoms with Crippen molar-refractivity contribution in [3.63, 3.8) is 0 Å². The summed E-state index contributed by atoms with van der Waals surface area (Å²) in [5.74, 6) is 1.57. The fourth-order valence-electron chi connectivity index (χ4n) is 3.64. The van der Waals surface area contributed by atoms with Gasteiger partial charge in [0.25, 0.3) is 0 Å². The summed E-state index contributed by atoms with van der Waals surface area (Å²) in [6, 6.07) is 2.30. The Bertz CT molecular complexity index is 862. The number of hydrogen-bond donors (Lipinski definition) is 1. The van der Waals surface area contributed by atoms with Crippen LogP contribution in [0.25, 0.3) is 10.7 Å². The van der Waals surface area contributed by atoms with Crippen LogP contribution < -0.4 is 5.32 Å². The van der Waals surface area contributed by atoms with E-state index in [1.54, 1.807) is 7.05 Å². The Kier molecular flexibility index (Phi) is 6.34. The molecule has 2 aromatic rings. The number of thioether (sulfide) groups is 1. The van der Waals surface area contributed by atoms with Gasteiger partial charge in [-0.05, 0) is 49.1 Å². The summed E-state index contributed by atoms with van der Waals surface area (Å²) in [6.45, 7) is 13.4. The van der Waals surface area contributed by atoms with Crippen LogP contribution in [-0.2, 0) is 24.2 Å². The average Bonchev–Trinajstić information content (AvgIpc) is 3.24. The molecule has 2 aromatic heterocycles. The highest BCUT2D eigenvalue weighted by atomic mass is 32.2. The van der Waals surface area contributed by atoms with Crippen LogP contribution in [0.1, 0.15) is 44.6 Å². The van der Waals surface area contributed by atoms with Crippen molar-refractivity contribution in [1.29, 1.82) is 0 Å². The van der Waals surface area contributed by atoms with Crippen molar-refractivity contribution in [1.82, 2.24) is 20.1 Å². The second kappa shape index (κ2) is 8.41. The first kappa shape index (κ1) is 21.1. The molecule has 0 aromatic carbocycles. The highest BCUT2D eigenvalue weighted by molar-refractivity contribution is 8.00. The van der Waals surface area contributed by atoms with Gasteiger partial charge in [-0.1, -0.05) is 38.6 Å². The molecule has 3 rings (SSSR count). The summed E-state index contributed by atoms with van der Waals surface area (Å²) >= 11 is 3.27. The Morgan fingerprint density at radius 3 is 2.89 bits per heavy atom. The van der Waals surface area contributed by atoms with Crippen molar-refractivity contribution in [3.05, 3.63) is 29.2 Å². The van der Waals surface area contributed by atoms with Crippen LogP contribution in [0.2, 0.25) is 0 Å². The zero-order chi connectivity index (χ0) is 20.5. The summed E-state index contributed by atoms with van der Waals surface area (Å²) in [4.78, 5) is 14.5. The minimum atomic E-state index is -0.227. The molecule has 28 heavy (non-hydrogen) atoms. The molecule has 0 saturated heterocycles. The Balaban J connectivity index is 1.89. The molecule has 0 saturated carbocycles. The number of aryl methyl sites for hydroxylation is 1. The van der Waals surface area contributed by atoms with Gasteiger partial charge in [0.05, 0.1) is 10.1 Å². The monoisotopic (exact) mass is 418 g/mol. The molecule has 0 aliphatic heterocycles. The minimum Gasteiger partial charge on any atom is -0.358 e. The van der Waals surface area contributed by atoms with E-state index in [0.717, 1.165) is 28.7 Å². The highest BCUT2D eigenvalue weighted by Gasteiger charge is 2.30. The number of aromatic nitrogens is 3. The number of fused-ring (bicyclic) bond motifs is 1. The van der Waals surface area contributed by atoms with E-state index < -0.39 is 0 Å². The molecule has 0 unspecified atom stereocenters. The number of carbonyl (C=O) groups excluding carboxylic acids is 1. The SMILES string of the molecule is C=CCn1c(S[C@@H](C)C(=O)NC)nnc1-c1cc2c(s1)CC[C@@H](C(C)(C)C)C2. The topological polar surface area (TPSA) is 59.8 Å². The molecule has 0 spiro atoms. The Morgan fingerprint density at radius 1 is 1.50 bits per heavy atom. The Morgan fingerprint density at radius 2 is 2.25 bits per heavy atom. The third-order valence-electron chi connectivity index (χ3n) is 5.45. The summed E-state index contributed by atoms with van der Waals surface area (Å²) in [7, 11) is 1.65. The molecule has 152 valence electrons. The molecule has 2 heterocycles. The molecule has 7 heteroatoms. The molecule has 0 fully saturated rings. The molecule has 5 nitrogen and oxygen atoms in total. The first-order chi connectivity index (χ1) is 13.2. The number of nitrogens with zero attached hydrogens (tertiary/aromatic N) is 3. The van der Waals surface area contributed by atoms with Crippen LogP contribution in [-0.4, -0.2) is 33.0 Å². The van der Waals surface area contributed by atoms with E-state index in [0.29, 0.717) is 17.9 Å². The maximum Gasteiger partial charge on any atom is 0.233 e. The van der Waals surface area contributed by atoms with E-state index in [4.69, 9.17) is 0 Å². The smallest absolute Gasteiger partial charge is 0.233 e. The molecule has 1 aliphatic rings. The van der Waals surface area contributed by atoms with Gasteiger partial charge in [-0.25, -0.2) is 0 Å². The van der Waals surface area contributed by atoms with Gasteiger partial charge in [0, 0.05) is 18.5 Å². The van der Waals surface area contributed by atoms with Gasteiger partial charge in [0.2, 0.25) is 5.91 Å². The van der Waals surface area contributed by atoms with Crippen LogP contribution in [0.3, 0.4) is 0 Å². The quantitative estimate of drug-likeness (QED) is 0.551. The van der Waals surface area contributed by atoms with E-state index in [2.05, 4.69) is 53.5 Å². The normalized spacial score (nSPS) is 17.8. The number of rotatable bonds is 6. The van der Waals surface area contributed by atoms with Gasteiger partial charge < -0.3 is 5.32 Å². The lowest BCUT2D eigenvalue weighted by Crippen LogP contribution is -2.27. The van der Waals surface area contributed by atoms with Gasteiger partial charge in [0.15, 0.2) is 11.0 Å². The summed E-state index contributed by atoms with van der Waals surface area (Å²) in [6.07, 6.45) is 5.39. The van der Waals surface area contributed by atoms with E-state index in [1.807, 2.05) is 24.3 Å². The molecule has 0 radical (unpaired) electrons. The standard InChI is InChI=1S/C21H30N4OS2/c1-7-10-25-18(23-24-20(25)27-13(2)19(26)22-6)17-12-14-11-15(21(3,4)5)8-9-16(14)28-17/h7,12-13,15H,1,8-11H2,2-6H3,(H,22,26)/t13-,15+/m0/s1. The van der Waals surface area contributed by atoms with Gasteiger partial charge in [-0.15, -0.1) is 28.1 Å². The van der Waals surface area contributed by atoms with Crippen molar-refractivity contribution in [2.75, 3.05) is 7.05 Å². The second-order valence-corrected chi connectivity index (χ2v) is 10.9. The molecule has 1 amide bonds. The number of thiophene rings is 1. The lowest BCUT2D eigenvalue weighted by molar-refractivity contribution is -0.119. The number of allylic oxidation sites excluding steroid dienone is 1. The zero-order valence-electron chi connectivity index (χ0n) is 17.4. The van der Waals surface area contributed by atoms with Crippen LogP contribution >= 0.6 is 23.1 Å². The third kappa shape index (κ3) is 4.35. The molecular formula is C21H30N4OS2. The van der Waals surface area contributed by atoms with Crippen LogP contribution in [0, 0.1) is 11.3 Å². The number of carbonyl (C=O) groups is 1. The molecule has 1 aliphatic carbocycles. The number of nitrogens with one attached hydrogen (secondary N) is 1. The van der Waals surface area contributed by atoms with Crippen molar-refractivity contribution >= 4 is 29.0 Å². The first-order valence-electron chi connectivity index (χ1n) is 9.79. The number of amides is 1. The van der Waals surface area contributed by atoms with E-state index in [1.165, 1.54) is 28.6 Å². The van der Waals surface area contributed by atoms with Crippen molar-refractivity contribution < 1.29 is 4.79 Å². The maximum absolute atomic E-state index is 11.9. The first-order valence-corrected chi connectivity index (χ1v) is 11.5. The van der Waals surface area contributed by atoms with Crippen LogP contribution in [0.5, 0.6) is 0 Å². The van der Waals surface area contributed by atoms with Gasteiger partial charge in [-0.2, -0.15) is 0 Å². The Hall–Kier alpha value is -1.60. The van der Waals surface area contributed by atoms with Crippen LogP contribution in [0.15, 0.2) is 23.9 Å². The van der Waals surface area contributed by atoms with Crippen LogP contribution in [0.4, 0.5) is 0 Å². The Labute approximate surface area is 176 Å². The average molecular weight is 419 g/mol. The van der Waals surface area contributed by atoms with Gasteiger partial charge >= 0.3 is 0 Å². The molecule has 2 atom stereocenters. The lowest BCUT2D eigenvalue weighted by Gasteiger charge is -2.33. The van der Waals surface area contributed by atoms with E-state index >= 15 is 0 Å². The maximum atomic E-state index is 11.9.